The fraction of sp³-hybridized carbons (Fsp3) is 0.0769. The summed E-state index contributed by atoms with van der Waals surface area (Å²) in [5, 5.41) is 10.8. The fourth-order valence-electron chi connectivity index (χ4n) is 1.29. The summed E-state index contributed by atoms with van der Waals surface area (Å²) in [4.78, 5) is 21.9. The normalized spacial score (nSPS) is 11.1. The summed E-state index contributed by atoms with van der Waals surface area (Å²) in [6, 6.07) is 1.49. The number of carboxylic acids is 1. The van der Waals surface area contributed by atoms with Crippen LogP contribution in [0.25, 0.3) is 0 Å². The van der Waals surface area contributed by atoms with Gasteiger partial charge in [-0.1, -0.05) is 18.2 Å². The monoisotopic (exact) mass is 267 g/mol. The SMILES string of the molecule is CC=CC=CC(=O)Nc1cc(F)c(C(=O)O)c(F)c1. The Morgan fingerprint density at radius 3 is 2.26 bits per heavy atom. The van der Waals surface area contributed by atoms with Crippen LogP contribution in [0.15, 0.2) is 36.4 Å². The Balaban J connectivity index is 2.93. The molecule has 1 aromatic carbocycles. The predicted octanol–water partition coefficient (Wildman–Crippen LogP) is 2.73. The molecule has 100 valence electrons. The van der Waals surface area contributed by atoms with E-state index in [-0.39, 0.29) is 5.69 Å². The number of allylic oxidation sites excluding steroid dienone is 3. The van der Waals surface area contributed by atoms with Gasteiger partial charge in [-0.05, 0) is 19.1 Å². The van der Waals surface area contributed by atoms with E-state index in [1.807, 2.05) is 0 Å². The first-order valence-corrected chi connectivity index (χ1v) is 5.28. The molecule has 0 unspecified atom stereocenters. The van der Waals surface area contributed by atoms with Gasteiger partial charge in [0.15, 0.2) is 0 Å². The standard InChI is InChI=1S/C13H11F2NO3/c1-2-3-4-5-11(17)16-8-6-9(14)12(13(18)19)10(15)7-8/h2-7H,1H3,(H,16,17)(H,18,19). The number of carboxylic acid groups (broad SMARTS) is 1. The first-order valence-electron chi connectivity index (χ1n) is 5.28. The molecule has 0 aromatic heterocycles. The van der Waals surface area contributed by atoms with E-state index in [1.165, 1.54) is 12.2 Å². The number of hydrogen-bond acceptors (Lipinski definition) is 2. The van der Waals surface area contributed by atoms with Crippen LogP contribution in [0, 0.1) is 11.6 Å². The number of halogens is 2. The summed E-state index contributed by atoms with van der Waals surface area (Å²) in [7, 11) is 0. The minimum atomic E-state index is -1.71. The zero-order chi connectivity index (χ0) is 14.4. The molecule has 1 amide bonds. The molecule has 0 aliphatic rings. The van der Waals surface area contributed by atoms with Crippen LogP contribution < -0.4 is 5.32 Å². The molecule has 0 atom stereocenters. The maximum absolute atomic E-state index is 13.3. The lowest BCUT2D eigenvalue weighted by molar-refractivity contribution is -0.111. The van der Waals surface area contributed by atoms with Gasteiger partial charge >= 0.3 is 5.97 Å². The lowest BCUT2D eigenvalue weighted by Gasteiger charge is -2.05. The molecule has 0 saturated heterocycles. The quantitative estimate of drug-likeness (QED) is 0.651. The number of carbonyl (C=O) groups excluding carboxylic acids is 1. The van der Waals surface area contributed by atoms with Crippen LogP contribution in [0.2, 0.25) is 0 Å². The van der Waals surface area contributed by atoms with Gasteiger partial charge in [0, 0.05) is 11.8 Å². The molecule has 2 N–H and O–H groups in total. The predicted molar refractivity (Wildman–Crippen MR) is 65.9 cm³/mol. The lowest BCUT2D eigenvalue weighted by atomic mass is 10.1. The summed E-state index contributed by atoms with van der Waals surface area (Å²) >= 11 is 0. The summed E-state index contributed by atoms with van der Waals surface area (Å²) in [6.07, 6.45) is 5.92. The highest BCUT2D eigenvalue weighted by atomic mass is 19.1. The van der Waals surface area contributed by atoms with Crippen molar-refractivity contribution in [3.8, 4) is 0 Å². The maximum Gasteiger partial charge on any atom is 0.341 e. The molecule has 0 radical (unpaired) electrons. The van der Waals surface area contributed by atoms with Gasteiger partial charge in [-0.3, -0.25) is 4.79 Å². The van der Waals surface area contributed by atoms with Crippen molar-refractivity contribution in [2.75, 3.05) is 5.32 Å². The van der Waals surface area contributed by atoms with Crippen LogP contribution >= 0.6 is 0 Å². The number of nitrogens with one attached hydrogen (secondary N) is 1. The second-order valence-corrected chi connectivity index (χ2v) is 3.49. The number of carbonyl (C=O) groups is 2. The zero-order valence-electron chi connectivity index (χ0n) is 9.98. The van der Waals surface area contributed by atoms with Gasteiger partial charge in [0.05, 0.1) is 0 Å². The van der Waals surface area contributed by atoms with E-state index in [1.54, 1.807) is 19.1 Å². The number of aromatic carboxylic acids is 1. The molecule has 0 fully saturated rings. The third kappa shape index (κ3) is 4.02. The number of amides is 1. The largest absolute Gasteiger partial charge is 0.477 e. The molecular formula is C13H11F2NO3. The van der Waals surface area contributed by atoms with Gasteiger partial charge in [0.25, 0.3) is 0 Å². The van der Waals surface area contributed by atoms with E-state index in [0.29, 0.717) is 0 Å². The van der Waals surface area contributed by atoms with Crippen molar-refractivity contribution in [3.05, 3.63) is 53.6 Å². The molecule has 0 spiro atoms. The molecule has 0 aliphatic carbocycles. The van der Waals surface area contributed by atoms with Gasteiger partial charge in [0.2, 0.25) is 5.91 Å². The molecular weight excluding hydrogens is 256 g/mol. The maximum atomic E-state index is 13.3. The van der Waals surface area contributed by atoms with Crippen molar-refractivity contribution < 1.29 is 23.5 Å². The minimum Gasteiger partial charge on any atom is -0.477 e. The first kappa shape index (κ1) is 14.6. The Bertz CT molecular complexity index is 542. The lowest BCUT2D eigenvalue weighted by Crippen LogP contribution is -2.11. The highest BCUT2D eigenvalue weighted by Crippen LogP contribution is 2.19. The molecule has 4 nitrogen and oxygen atoms in total. The Morgan fingerprint density at radius 1 is 1.21 bits per heavy atom. The fourth-order valence-corrected chi connectivity index (χ4v) is 1.29. The van der Waals surface area contributed by atoms with Gasteiger partial charge < -0.3 is 10.4 Å². The van der Waals surface area contributed by atoms with Crippen LogP contribution in [-0.2, 0) is 4.79 Å². The van der Waals surface area contributed by atoms with E-state index >= 15 is 0 Å². The average Bonchev–Trinajstić information content (AvgIpc) is 2.27. The van der Waals surface area contributed by atoms with Crippen molar-refractivity contribution in [3.63, 3.8) is 0 Å². The molecule has 19 heavy (non-hydrogen) atoms. The molecule has 1 aromatic rings. The topological polar surface area (TPSA) is 66.4 Å². The Labute approximate surface area is 108 Å². The zero-order valence-corrected chi connectivity index (χ0v) is 9.98. The van der Waals surface area contributed by atoms with E-state index < -0.39 is 29.1 Å². The third-order valence-corrected chi connectivity index (χ3v) is 2.07. The van der Waals surface area contributed by atoms with Crippen LogP contribution in [0.3, 0.4) is 0 Å². The average molecular weight is 267 g/mol. The van der Waals surface area contributed by atoms with Crippen molar-refractivity contribution >= 4 is 17.6 Å². The molecule has 0 heterocycles. The Morgan fingerprint density at radius 2 is 1.79 bits per heavy atom. The van der Waals surface area contributed by atoms with Crippen molar-refractivity contribution in [1.29, 1.82) is 0 Å². The highest BCUT2D eigenvalue weighted by Gasteiger charge is 2.18. The number of rotatable bonds is 4. The molecule has 1 rings (SSSR count). The van der Waals surface area contributed by atoms with E-state index in [0.717, 1.165) is 12.1 Å². The number of anilines is 1. The number of benzene rings is 1. The van der Waals surface area contributed by atoms with Crippen LogP contribution in [-0.4, -0.2) is 17.0 Å². The summed E-state index contributed by atoms with van der Waals surface area (Å²) in [6.45, 7) is 1.76. The Hall–Kier alpha value is -2.50. The van der Waals surface area contributed by atoms with E-state index in [9.17, 15) is 18.4 Å². The molecule has 0 aliphatic heterocycles. The minimum absolute atomic E-state index is 0.157. The molecule has 0 bridgehead atoms. The van der Waals surface area contributed by atoms with Crippen molar-refractivity contribution in [1.82, 2.24) is 0 Å². The summed E-state index contributed by atoms with van der Waals surface area (Å²) < 4.78 is 26.6. The van der Waals surface area contributed by atoms with Crippen molar-refractivity contribution in [2.24, 2.45) is 0 Å². The van der Waals surface area contributed by atoms with Gasteiger partial charge in [-0.15, -0.1) is 0 Å². The van der Waals surface area contributed by atoms with E-state index in [4.69, 9.17) is 5.11 Å². The summed E-state index contributed by atoms with van der Waals surface area (Å²) in [5.74, 6) is -4.79. The third-order valence-electron chi connectivity index (χ3n) is 2.07. The van der Waals surface area contributed by atoms with Crippen LogP contribution in [0.1, 0.15) is 17.3 Å². The number of hydrogen-bond donors (Lipinski definition) is 2. The molecule has 0 saturated carbocycles. The first-order chi connectivity index (χ1) is 8.95. The van der Waals surface area contributed by atoms with Gasteiger partial charge in [0.1, 0.15) is 17.2 Å². The van der Waals surface area contributed by atoms with Crippen LogP contribution in [0.4, 0.5) is 14.5 Å². The molecule has 6 heteroatoms. The second-order valence-electron chi connectivity index (χ2n) is 3.49. The van der Waals surface area contributed by atoms with Crippen LogP contribution in [0.5, 0.6) is 0 Å². The van der Waals surface area contributed by atoms with Gasteiger partial charge in [-0.2, -0.15) is 0 Å². The summed E-state index contributed by atoms with van der Waals surface area (Å²) in [5.41, 5.74) is -1.21. The van der Waals surface area contributed by atoms with E-state index in [2.05, 4.69) is 5.32 Å². The van der Waals surface area contributed by atoms with Crippen molar-refractivity contribution in [2.45, 2.75) is 6.92 Å². The highest BCUT2D eigenvalue weighted by molar-refractivity contribution is 5.99. The Kier molecular flexibility index (Phi) is 4.93. The second kappa shape index (κ2) is 6.44. The van der Waals surface area contributed by atoms with Gasteiger partial charge in [-0.25, -0.2) is 13.6 Å². The smallest absolute Gasteiger partial charge is 0.341 e.